The topological polar surface area (TPSA) is 86.7 Å². The molecule has 0 aromatic heterocycles. The summed E-state index contributed by atoms with van der Waals surface area (Å²) in [6, 6.07) is -0.434. The number of carboxylic acid groups (broad SMARTS) is 1. The molecule has 96 valence electrons. The molecule has 1 aliphatic heterocycles. The van der Waals surface area contributed by atoms with Gasteiger partial charge in [0.2, 0.25) is 0 Å². The number of nitrogens with one attached hydrogen (secondary N) is 1. The number of carbonyl (C=O) groups excluding carboxylic acids is 2. The standard InChI is InChI=1S/C11H18N2O4/c1-7(2)11(3)9(16)13(10(17)12-11)6-4-5-8(14)15/h7H,4-6H2,1-3H3,(H,12,17)(H,14,15). The van der Waals surface area contributed by atoms with Crippen molar-refractivity contribution in [1.29, 1.82) is 0 Å². The Bertz CT molecular complexity index is 353. The monoisotopic (exact) mass is 242 g/mol. The fourth-order valence-corrected chi connectivity index (χ4v) is 1.70. The minimum Gasteiger partial charge on any atom is -0.481 e. The Hall–Kier alpha value is -1.59. The molecule has 0 radical (unpaired) electrons. The molecular formula is C11H18N2O4. The fourth-order valence-electron chi connectivity index (χ4n) is 1.70. The molecule has 6 nitrogen and oxygen atoms in total. The van der Waals surface area contributed by atoms with E-state index in [0.29, 0.717) is 0 Å². The summed E-state index contributed by atoms with van der Waals surface area (Å²) in [4.78, 5) is 35.1. The average Bonchev–Trinajstić information content (AvgIpc) is 2.42. The summed E-state index contributed by atoms with van der Waals surface area (Å²) in [5.41, 5.74) is -0.875. The number of amides is 3. The molecule has 0 aromatic carbocycles. The molecule has 1 aliphatic rings. The Labute approximate surface area is 100.0 Å². The molecule has 0 aliphatic carbocycles. The van der Waals surface area contributed by atoms with Crippen LogP contribution in [0.1, 0.15) is 33.6 Å². The molecule has 1 rings (SSSR count). The van der Waals surface area contributed by atoms with Gasteiger partial charge in [0.1, 0.15) is 5.54 Å². The van der Waals surface area contributed by atoms with E-state index in [1.165, 1.54) is 0 Å². The van der Waals surface area contributed by atoms with Gasteiger partial charge in [-0.15, -0.1) is 0 Å². The first-order valence-corrected chi connectivity index (χ1v) is 5.65. The van der Waals surface area contributed by atoms with Crippen LogP contribution in [0.4, 0.5) is 4.79 Å². The molecule has 0 aromatic rings. The molecule has 0 saturated carbocycles. The van der Waals surface area contributed by atoms with E-state index < -0.39 is 17.5 Å². The molecule has 1 heterocycles. The second-order valence-electron chi connectivity index (χ2n) is 4.74. The zero-order chi connectivity index (χ0) is 13.2. The Morgan fingerprint density at radius 2 is 2.06 bits per heavy atom. The predicted octanol–water partition coefficient (Wildman–Crippen LogP) is 0.818. The van der Waals surface area contributed by atoms with Crippen LogP contribution in [0, 0.1) is 5.92 Å². The first-order valence-electron chi connectivity index (χ1n) is 5.65. The SMILES string of the molecule is CC(C)C1(C)NC(=O)N(CCCC(=O)O)C1=O. The molecule has 3 amide bonds. The number of carbonyl (C=O) groups is 3. The van der Waals surface area contributed by atoms with Crippen molar-refractivity contribution in [3.63, 3.8) is 0 Å². The van der Waals surface area contributed by atoms with Crippen molar-refractivity contribution in [3.05, 3.63) is 0 Å². The molecule has 1 atom stereocenters. The zero-order valence-corrected chi connectivity index (χ0v) is 10.3. The summed E-state index contributed by atoms with van der Waals surface area (Å²) in [6.45, 7) is 5.56. The summed E-state index contributed by atoms with van der Waals surface area (Å²) in [7, 11) is 0. The van der Waals surface area contributed by atoms with E-state index in [9.17, 15) is 14.4 Å². The van der Waals surface area contributed by atoms with Crippen LogP contribution in [-0.2, 0) is 9.59 Å². The second-order valence-corrected chi connectivity index (χ2v) is 4.74. The van der Waals surface area contributed by atoms with E-state index in [0.717, 1.165) is 4.90 Å². The number of rotatable bonds is 5. The highest BCUT2D eigenvalue weighted by Crippen LogP contribution is 2.25. The minimum atomic E-state index is -0.927. The number of nitrogens with zero attached hydrogens (tertiary/aromatic N) is 1. The number of imide groups is 1. The van der Waals surface area contributed by atoms with Gasteiger partial charge in [-0.05, 0) is 19.3 Å². The molecule has 6 heteroatoms. The quantitative estimate of drug-likeness (QED) is 0.699. The maximum atomic E-state index is 12.1. The lowest BCUT2D eigenvalue weighted by Gasteiger charge is -2.25. The van der Waals surface area contributed by atoms with Gasteiger partial charge in [0.05, 0.1) is 0 Å². The smallest absolute Gasteiger partial charge is 0.325 e. The van der Waals surface area contributed by atoms with Crippen LogP contribution in [-0.4, -0.2) is 40.0 Å². The molecule has 1 saturated heterocycles. The van der Waals surface area contributed by atoms with Gasteiger partial charge in [-0.2, -0.15) is 0 Å². The number of aliphatic carboxylic acids is 1. The summed E-state index contributed by atoms with van der Waals surface area (Å²) in [5.74, 6) is -1.21. The summed E-state index contributed by atoms with van der Waals surface area (Å²) in [6.07, 6.45) is 0.234. The van der Waals surface area contributed by atoms with Crippen LogP contribution in [0.15, 0.2) is 0 Å². The Kier molecular flexibility index (Phi) is 3.75. The number of hydrogen-bond acceptors (Lipinski definition) is 3. The second kappa shape index (κ2) is 4.73. The summed E-state index contributed by atoms with van der Waals surface area (Å²) >= 11 is 0. The van der Waals surface area contributed by atoms with Gasteiger partial charge in [-0.3, -0.25) is 14.5 Å². The van der Waals surface area contributed by atoms with Crippen LogP contribution < -0.4 is 5.32 Å². The van der Waals surface area contributed by atoms with Gasteiger partial charge in [-0.25, -0.2) is 4.79 Å². The minimum absolute atomic E-state index is 0.0107. The first-order chi connectivity index (χ1) is 7.79. The van der Waals surface area contributed by atoms with Crippen molar-refractivity contribution >= 4 is 17.9 Å². The first kappa shape index (κ1) is 13.5. The van der Waals surface area contributed by atoms with Gasteiger partial charge >= 0.3 is 12.0 Å². The molecule has 17 heavy (non-hydrogen) atoms. The van der Waals surface area contributed by atoms with E-state index >= 15 is 0 Å². The van der Waals surface area contributed by atoms with E-state index in [1.807, 2.05) is 13.8 Å². The molecule has 0 bridgehead atoms. The van der Waals surface area contributed by atoms with Gasteiger partial charge in [0, 0.05) is 13.0 Å². The number of urea groups is 1. The van der Waals surface area contributed by atoms with Crippen LogP contribution >= 0.6 is 0 Å². The molecule has 0 spiro atoms. The van der Waals surface area contributed by atoms with Crippen molar-refractivity contribution in [2.24, 2.45) is 5.92 Å². The Morgan fingerprint density at radius 3 is 2.47 bits per heavy atom. The third-order valence-electron chi connectivity index (χ3n) is 3.23. The van der Waals surface area contributed by atoms with Crippen LogP contribution in [0.25, 0.3) is 0 Å². The van der Waals surface area contributed by atoms with E-state index in [-0.39, 0.29) is 31.2 Å². The highest BCUT2D eigenvalue weighted by atomic mass is 16.4. The van der Waals surface area contributed by atoms with E-state index in [1.54, 1.807) is 6.92 Å². The van der Waals surface area contributed by atoms with Crippen molar-refractivity contribution in [2.75, 3.05) is 6.54 Å². The average molecular weight is 242 g/mol. The summed E-state index contributed by atoms with van der Waals surface area (Å²) < 4.78 is 0. The lowest BCUT2D eigenvalue weighted by atomic mass is 9.88. The Morgan fingerprint density at radius 1 is 1.47 bits per heavy atom. The largest absolute Gasteiger partial charge is 0.481 e. The van der Waals surface area contributed by atoms with Gasteiger partial charge in [0.25, 0.3) is 5.91 Å². The van der Waals surface area contributed by atoms with Gasteiger partial charge in [-0.1, -0.05) is 13.8 Å². The van der Waals surface area contributed by atoms with Gasteiger partial charge in [0.15, 0.2) is 0 Å². The summed E-state index contributed by atoms with van der Waals surface area (Å²) in [5, 5.41) is 11.2. The zero-order valence-electron chi connectivity index (χ0n) is 10.3. The highest BCUT2D eigenvalue weighted by Gasteiger charge is 2.49. The molecule has 1 unspecified atom stereocenters. The van der Waals surface area contributed by atoms with Crippen LogP contribution in [0.5, 0.6) is 0 Å². The van der Waals surface area contributed by atoms with Gasteiger partial charge < -0.3 is 10.4 Å². The number of hydrogen-bond donors (Lipinski definition) is 2. The van der Waals surface area contributed by atoms with Crippen molar-refractivity contribution in [2.45, 2.75) is 39.2 Å². The maximum Gasteiger partial charge on any atom is 0.325 e. The van der Waals surface area contributed by atoms with Crippen molar-refractivity contribution in [1.82, 2.24) is 10.2 Å². The molecular weight excluding hydrogens is 224 g/mol. The lowest BCUT2D eigenvalue weighted by molar-refractivity contribution is -0.138. The third kappa shape index (κ3) is 2.57. The normalized spacial score (nSPS) is 24.4. The number of carboxylic acids is 1. The highest BCUT2D eigenvalue weighted by molar-refractivity contribution is 6.06. The maximum absolute atomic E-state index is 12.1. The predicted molar refractivity (Wildman–Crippen MR) is 60.4 cm³/mol. The lowest BCUT2D eigenvalue weighted by Crippen LogP contribution is -2.48. The molecule has 1 fully saturated rings. The Balaban J connectivity index is 2.66. The van der Waals surface area contributed by atoms with Crippen molar-refractivity contribution < 1.29 is 19.5 Å². The van der Waals surface area contributed by atoms with E-state index in [4.69, 9.17) is 5.11 Å². The van der Waals surface area contributed by atoms with Crippen LogP contribution in [0.2, 0.25) is 0 Å². The van der Waals surface area contributed by atoms with Crippen molar-refractivity contribution in [3.8, 4) is 0 Å². The van der Waals surface area contributed by atoms with E-state index in [2.05, 4.69) is 5.32 Å². The fraction of sp³-hybridized carbons (Fsp3) is 0.727. The van der Waals surface area contributed by atoms with Crippen LogP contribution in [0.3, 0.4) is 0 Å². The molecule has 2 N–H and O–H groups in total. The third-order valence-corrected chi connectivity index (χ3v) is 3.23.